The highest BCUT2D eigenvalue weighted by molar-refractivity contribution is 5.75. The smallest absolute Gasteiger partial charge is 0.322 e. The van der Waals surface area contributed by atoms with E-state index in [9.17, 15) is 4.79 Å². The van der Waals surface area contributed by atoms with E-state index in [0.717, 1.165) is 26.1 Å². The molecule has 0 heterocycles. The average Bonchev–Trinajstić information content (AvgIpc) is 2.24. The minimum absolute atomic E-state index is 0.287. The van der Waals surface area contributed by atoms with Gasteiger partial charge in [-0.1, -0.05) is 13.8 Å². The van der Waals surface area contributed by atoms with Gasteiger partial charge in [-0.25, -0.2) is 0 Å². The Morgan fingerprint density at radius 1 is 1.33 bits per heavy atom. The van der Waals surface area contributed by atoms with Gasteiger partial charge in [-0.15, -0.1) is 0 Å². The summed E-state index contributed by atoms with van der Waals surface area (Å²) in [5.74, 6) is -0.287. The lowest BCUT2D eigenvalue weighted by Crippen LogP contribution is -2.37. The maximum absolute atomic E-state index is 11.2. The van der Waals surface area contributed by atoms with Crippen molar-refractivity contribution in [2.75, 3.05) is 26.2 Å². The monoisotopic (exact) mass is 216 g/mol. The van der Waals surface area contributed by atoms with E-state index < -0.39 is 6.04 Å². The molecule has 90 valence electrons. The van der Waals surface area contributed by atoms with Gasteiger partial charge in [0.25, 0.3) is 0 Å². The number of nitrogens with two attached hydrogens (primary N) is 1. The average molecular weight is 216 g/mol. The first-order valence-corrected chi connectivity index (χ1v) is 5.80. The molecule has 0 saturated heterocycles. The zero-order valence-electron chi connectivity index (χ0n) is 10.2. The molecule has 0 aliphatic carbocycles. The minimum atomic E-state index is -0.476. The molecule has 0 aliphatic rings. The Bertz CT molecular complexity index is 174. The van der Waals surface area contributed by atoms with E-state index >= 15 is 0 Å². The zero-order valence-corrected chi connectivity index (χ0v) is 10.2. The van der Waals surface area contributed by atoms with Gasteiger partial charge in [0.15, 0.2) is 0 Å². The van der Waals surface area contributed by atoms with Crippen molar-refractivity contribution < 1.29 is 9.53 Å². The summed E-state index contributed by atoms with van der Waals surface area (Å²) in [5.41, 5.74) is 5.70. The molecule has 0 fully saturated rings. The third-order valence-corrected chi connectivity index (χ3v) is 2.33. The van der Waals surface area contributed by atoms with Gasteiger partial charge in [0, 0.05) is 6.54 Å². The van der Waals surface area contributed by atoms with Crippen LogP contribution < -0.4 is 5.73 Å². The number of hydrogen-bond acceptors (Lipinski definition) is 4. The summed E-state index contributed by atoms with van der Waals surface area (Å²) in [6.45, 7) is 9.39. The summed E-state index contributed by atoms with van der Waals surface area (Å²) < 4.78 is 4.85. The number of nitrogens with zero attached hydrogens (tertiary/aromatic N) is 1. The Morgan fingerprint density at radius 3 is 2.47 bits per heavy atom. The van der Waals surface area contributed by atoms with Crippen molar-refractivity contribution in [1.82, 2.24) is 4.90 Å². The second-order valence-corrected chi connectivity index (χ2v) is 3.58. The molecule has 0 spiro atoms. The van der Waals surface area contributed by atoms with Gasteiger partial charge in [0.2, 0.25) is 0 Å². The minimum Gasteiger partial charge on any atom is -0.465 e. The molecule has 2 N–H and O–H groups in total. The fourth-order valence-corrected chi connectivity index (χ4v) is 1.43. The predicted octanol–water partition coefficient (Wildman–Crippen LogP) is 0.999. The van der Waals surface area contributed by atoms with Crippen LogP contribution in [0.4, 0.5) is 0 Å². The highest BCUT2D eigenvalue weighted by Gasteiger charge is 2.15. The van der Waals surface area contributed by atoms with Gasteiger partial charge >= 0.3 is 5.97 Å². The van der Waals surface area contributed by atoms with Crippen molar-refractivity contribution in [1.29, 1.82) is 0 Å². The van der Waals surface area contributed by atoms with Crippen molar-refractivity contribution in [3.05, 3.63) is 0 Å². The van der Waals surface area contributed by atoms with Gasteiger partial charge in [0.05, 0.1) is 6.61 Å². The van der Waals surface area contributed by atoms with Crippen molar-refractivity contribution in [2.24, 2.45) is 5.73 Å². The Hall–Kier alpha value is -0.610. The van der Waals surface area contributed by atoms with Gasteiger partial charge in [-0.05, 0) is 32.9 Å². The van der Waals surface area contributed by atoms with Gasteiger partial charge < -0.3 is 15.4 Å². The number of hydrogen-bond donors (Lipinski definition) is 1. The fraction of sp³-hybridized carbons (Fsp3) is 0.909. The van der Waals surface area contributed by atoms with Gasteiger partial charge in [0.1, 0.15) is 6.04 Å². The van der Waals surface area contributed by atoms with Crippen LogP contribution in [0.1, 0.15) is 33.6 Å². The second kappa shape index (κ2) is 8.68. The quantitative estimate of drug-likeness (QED) is 0.615. The highest BCUT2D eigenvalue weighted by atomic mass is 16.5. The summed E-state index contributed by atoms with van der Waals surface area (Å²) in [6.07, 6.45) is 1.80. The number of rotatable bonds is 8. The van der Waals surface area contributed by atoms with Crippen molar-refractivity contribution in [3.63, 3.8) is 0 Å². The Morgan fingerprint density at radius 2 is 2.00 bits per heavy atom. The molecule has 4 nitrogen and oxygen atoms in total. The van der Waals surface area contributed by atoms with Crippen molar-refractivity contribution in [2.45, 2.75) is 39.7 Å². The standard InChI is InChI=1S/C11H24N2O2/c1-4-8-13(5-2)9-7-10(12)11(14)15-6-3/h10H,4-9,12H2,1-3H3. The molecule has 0 amide bonds. The normalized spacial score (nSPS) is 12.9. The highest BCUT2D eigenvalue weighted by Crippen LogP contribution is 1.98. The molecule has 0 saturated carbocycles. The van der Waals surface area contributed by atoms with Gasteiger partial charge in [-0.3, -0.25) is 4.79 Å². The molecule has 0 aromatic heterocycles. The van der Waals surface area contributed by atoms with Crippen LogP contribution in [0.15, 0.2) is 0 Å². The molecule has 1 unspecified atom stereocenters. The molecule has 0 rings (SSSR count). The lowest BCUT2D eigenvalue weighted by Gasteiger charge is -2.20. The third kappa shape index (κ3) is 6.47. The first-order chi connectivity index (χ1) is 7.15. The number of esters is 1. The van der Waals surface area contributed by atoms with E-state index in [1.807, 2.05) is 0 Å². The van der Waals surface area contributed by atoms with Crippen LogP contribution in [-0.2, 0) is 9.53 Å². The van der Waals surface area contributed by atoms with Crippen LogP contribution in [0, 0.1) is 0 Å². The maximum Gasteiger partial charge on any atom is 0.322 e. The SMILES string of the molecule is CCCN(CC)CCC(N)C(=O)OCC. The molecule has 0 aromatic rings. The Balaban J connectivity index is 3.76. The molecule has 0 radical (unpaired) electrons. The second-order valence-electron chi connectivity index (χ2n) is 3.58. The predicted molar refractivity (Wildman–Crippen MR) is 61.6 cm³/mol. The van der Waals surface area contributed by atoms with Crippen LogP contribution in [0.2, 0.25) is 0 Å². The number of carbonyl (C=O) groups excluding carboxylic acids is 1. The Labute approximate surface area is 92.8 Å². The van der Waals surface area contributed by atoms with Crippen LogP contribution in [0.25, 0.3) is 0 Å². The number of carbonyl (C=O) groups is 1. The van der Waals surface area contributed by atoms with Crippen LogP contribution >= 0.6 is 0 Å². The first kappa shape index (κ1) is 14.4. The lowest BCUT2D eigenvalue weighted by molar-refractivity contribution is -0.144. The zero-order chi connectivity index (χ0) is 11.7. The molecular formula is C11H24N2O2. The van der Waals surface area contributed by atoms with E-state index in [0.29, 0.717) is 13.0 Å². The van der Waals surface area contributed by atoms with E-state index in [1.165, 1.54) is 0 Å². The third-order valence-electron chi connectivity index (χ3n) is 2.33. The molecule has 4 heteroatoms. The summed E-state index contributed by atoms with van der Waals surface area (Å²) >= 11 is 0. The van der Waals surface area contributed by atoms with E-state index in [2.05, 4.69) is 18.7 Å². The Kier molecular flexibility index (Phi) is 8.33. The van der Waals surface area contributed by atoms with E-state index in [4.69, 9.17) is 10.5 Å². The maximum atomic E-state index is 11.2. The van der Waals surface area contributed by atoms with Crippen molar-refractivity contribution in [3.8, 4) is 0 Å². The molecule has 1 atom stereocenters. The fourth-order valence-electron chi connectivity index (χ4n) is 1.43. The molecular weight excluding hydrogens is 192 g/mol. The van der Waals surface area contributed by atoms with Crippen LogP contribution in [0.3, 0.4) is 0 Å². The first-order valence-electron chi connectivity index (χ1n) is 5.80. The van der Waals surface area contributed by atoms with E-state index in [-0.39, 0.29) is 5.97 Å². The van der Waals surface area contributed by atoms with Crippen molar-refractivity contribution >= 4 is 5.97 Å². The van der Waals surface area contributed by atoms with Crippen LogP contribution in [-0.4, -0.2) is 43.2 Å². The lowest BCUT2D eigenvalue weighted by atomic mass is 10.2. The number of ether oxygens (including phenoxy) is 1. The molecule has 0 bridgehead atoms. The largest absolute Gasteiger partial charge is 0.465 e. The molecule has 15 heavy (non-hydrogen) atoms. The summed E-state index contributed by atoms with van der Waals surface area (Å²) in [6, 6.07) is -0.476. The summed E-state index contributed by atoms with van der Waals surface area (Å²) in [4.78, 5) is 13.5. The molecule has 0 aliphatic heterocycles. The van der Waals surface area contributed by atoms with Crippen LogP contribution in [0.5, 0.6) is 0 Å². The summed E-state index contributed by atoms with van der Waals surface area (Å²) in [7, 11) is 0. The molecule has 0 aromatic carbocycles. The van der Waals surface area contributed by atoms with Gasteiger partial charge in [-0.2, -0.15) is 0 Å². The topological polar surface area (TPSA) is 55.6 Å². The van der Waals surface area contributed by atoms with E-state index in [1.54, 1.807) is 6.92 Å². The summed E-state index contributed by atoms with van der Waals surface area (Å²) in [5, 5.41) is 0.